The highest BCUT2D eigenvalue weighted by Crippen LogP contribution is 2.28. The number of halogens is 3. The summed E-state index contributed by atoms with van der Waals surface area (Å²) >= 11 is 0. The molecule has 7 nitrogen and oxygen atoms in total. The number of carbonyl (C=O) groups excluding carboxylic acids is 1. The average Bonchev–Trinajstić information content (AvgIpc) is 3.23. The minimum atomic E-state index is -4.65. The zero-order chi connectivity index (χ0) is 22.1. The van der Waals surface area contributed by atoms with Gasteiger partial charge in [0.15, 0.2) is 0 Å². The van der Waals surface area contributed by atoms with Crippen LogP contribution in [0.4, 0.5) is 18.9 Å². The molecular weight excluding hydrogens is 423 g/mol. The van der Waals surface area contributed by atoms with Gasteiger partial charge in [0.05, 0.1) is 10.5 Å². The Morgan fingerprint density at radius 3 is 2.23 bits per heavy atom. The molecule has 30 heavy (non-hydrogen) atoms. The molecule has 0 radical (unpaired) electrons. The molecule has 2 aromatic rings. The number of alkyl halides is 3. The Labute approximate surface area is 171 Å². The maximum Gasteiger partial charge on any atom is 0.417 e. The lowest BCUT2D eigenvalue weighted by atomic mass is 10.2. The van der Waals surface area contributed by atoms with Crippen molar-refractivity contribution in [3.05, 3.63) is 58.5 Å². The molecule has 1 saturated heterocycles. The Balaban J connectivity index is 1.75. The van der Waals surface area contributed by atoms with Crippen LogP contribution in [0.3, 0.4) is 0 Å². The Hall–Kier alpha value is -2.66. The highest BCUT2D eigenvalue weighted by molar-refractivity contribution is 7.89. The molecule has 1 aliphatic rings. The van der Waals surface area contributed by atoms with Gasteiger partial charge >= 0.3 is 6.18 Å². The van der Waals surface area contributed by atoms with Crippen molar-refractivity contribution in [1.82, 2.24) is 8.87 Å². The smallest absolute Gasteiger partial charge is 0.324 e. The molecule has 0 saturated carbocycles. The molecule has 1 atom stereocenters. The van der Waals surface area contributed by atoms with Gasteiger partial charge in [0, 0.05) is 31.0 Å². The molecule has 1 N–H and O–H groups in total. The van der Waals surface area contributed by atoms with Crippen molar-refractivity contribution in [2.45, 2.75) is 36.9 Å². The topological polar surface area (TPSA) is 88.5 Å². The number of carbonyl (C=O) groups is 1. The Bertz CT molecular complexity index is 1090. The average molecular weight is 443 g/mol. The van der Waals surface area contributed by atoms with Gasteiger partial charge in [-0.3, -0.25) is 9.59 Å². The second-order valence-corrected chi connectivity index (χ2v) is 8.90. The zero-order valence-electron chi connectivity index (χ0n) is 16.0. The molecule has 0 bridgehead atoms. The Kier molecular flexibility index (Phi) is 6.04. The normalized spacial score (nSPS) is 16.4. The fourth-order valence-electron chi connectivity index (χ4n) is 3.13. The van der Waals surface area contributed by atoms with Crippen LogP contribution in [-0.4, -0.2) is 36.3 Å². The molecule has 1 aromatic heterocycles. The summed E-state index contributed by atoms with van der Waals surface area (Å²) in [5.74, 6) is -0.716. The predicted molar refractivity (Wildman–Crippen MR) is 103 cm³/mol. The van der Waals surface area contributed by atoms with Crippen LogP contribution in [0.15, 0.2) is 52.3 Å². The molecule has 3 rings (SSSR count). The van der Waals surface area contributed by atoms with Gasteiger partial charge in [0.1, 0.15) is 6.04 Å². The quantitative estimate of drug-likeness (QED) is 0.770. The van der Waals surface area contributed by atoms with Crippen molar-refractivity contribution in [3.8, 4) is 0 Å². The maximum absolute atomic E-state index is 12.9. The van der Waals surface area contributed by atoms with Gasteiger partial charge in [-0.15, -0.1) is 0 Å². The van der Waals surface area contributed by atoms with Crippen LogP contribution < -0.4 is 10.9 Å². The van der Waals surface area contributed by atoms with Gasteiger partial charge in [-0.2, -0.15) is 17.5 Å². The number of benzene rings is 1. The molecule has 11 heteroatoms. The third kappa shape index (κ3) is 4.57. The fourth-order valence-corrected chi connectivity index (χ4v) is 4.65. The highest BCUT2D eigenvalue weighted by atomic mass is 32.2. The van der Waals surface area contributed by atoms with E-state index in [1.54, 1.807) is 0 Å². The van der Waals surface area contributed by atoms with E-state index in [0.717, 1.165) is 18.9 Å². The van der Waals surface area contributed by atoms with E-state index in [1.165, 1.54) is 35.5 Å². The summed E-state index contributed by atoms with van der Waals surface area (Å²) in [6.45, 7) is 2.22. The number of hydrogen-bond donors (Lipinski definition) is 1. The van der Waals surface area contributed by atoms with Crippen molar-refractivity contribution in [1.29, 1.82) is 0 Å². The van der Waals surface area contributed by atoms with E-state index < -0.39 is 39.3 Å². The van der Waals surface area contributed by atoms with Crippen molar-refractivity contribution < 1.29 is 26.4 Å². The lowest BCUT2D eigenvalue weighted by molar-refractivity contribution is -0.138. The van der Waals surface area contributed by atoms with Gasteiger partial charge in [-0.1, -0.05) is 0 Å². The molecule has 1 fully saturated rings. The first-order valence-corrected chi connectivity index (χ1v) is 10.6. The monoisotopic (exact) mass is 443 g/mol. The minimum absolute atomic E-state index is 0.0875. The summed E-state index contributed by atoms with van der Waals surface area (Å²) in [6, 6.07) is 5.68. The van der Waals surface area contributed by atoms with E-state index in [2.05, 4.69) is 5.32 Å². The van der Waals surface area contributed by atoms with E-state index in [4.69, 9.17) is 0 Å². The number of nitrogens with one attached hydrogen (secondary N) is 1. The first kappa shape index (κ1) is 22.0. The number of aromatic nitrogens is 1. The summed E-state index contributed by atoms with van der Waals surface area (Å²) < 4.78 is 65.8. The van der Waals surface area contributed by atoms with E-state index in [9.17, 15) is 31.2 Å². The molecular formula is C19H20F3N3O4S. The van der Waals surface area contributed by atoms with E-state index >= 15 is 0 Å². The first-order valence-electron chi connectivity index (χ1n) is 9.20. The lowest BCUT2D eigenvalue weighted by Gasteiger charge is -2.18. The fraction of sp³-hybridized carbons (Fsp3) is 0.368. The molecule has 0 aliphatic carbocycles. The maximum atomic E-state index is 12.9. The summed E-state index contributed by atoms with van der Waals surface area (Å²) in [5.41, 5.74) is -1.54. The second-order valence-electron chi connectivity index (χ2n) is 6.96. The van der Waals surface area contributed by atoms with E-state index in [1.807, 2.05) is 0 Å². The number of sulfonamides is 1. The molecule has 0 spiro atoms. The van der Waals surface area contributed by atoms with Crippen LogP contribution >= 0.6 is 0 Å². The van der Waals surface area contributed by atoms with Crippen molar-refractivity contribution in [2.24, 2.45) is 0 Å². The number of rotatable bonds is 5. The number of nitrogens with zero attached hydrogens (tertiary/aromatic N) is 2. The predicted octanol–water partition coefficient (Wildman–Crippen LogP) is 2.85. The zero-order valence-corrected chi connectivity index (χ0v) is 16.8. The van der Waals surface area contributed by atoms with Gasteiger partial charge in [-0.25, -0.2) is 8.42 Å². The standard InChI is InChI=1S/C19H20F3N3O4S/c1-13(25-12-14(19(20,21)22)4-9-17(25)26)18(27)23-15-5-7-16(8-6-15)30(28,29)24-10-2-3-11-24/h4-9,12-13H,2-3,10-11H2,1H3,(H,23,27). The highest BCUT2D eigenvalue weighted by Gasteiger charge is 2.32. The number of pyridine rings is 1. The second kappa shape index (κ2) is 8.23. The van der Waals surface area contributed by atoms with Gasteiger partial charge in [0.2, 0.25) is 15.9 Å². The summed E-state index contributed by atoms with van der Waals surface area (Å²) in [6.07, 6.45) is -2.44. The number of amides is 1. The van der Waals surface area contributed by atoms with Crippen LogP contribution in [0, 0.1) is 0 Å². The Morgan fingerprint density at radius 2 is 1.67 bits per heavy atom. The molecule has 1 aliphatic heterocycles. The van der Waals surface area contributed by atoms with Crippen molar-refractivity contribution >= 4 is 21.6 Å². The SMILES string of the molecule is CC(C(=O)Nc1ccc(S(=O)(=O)N2CCCC2)cc1)n1cc(C(F)(F)F)ccc1=O. The Morgan fingerprint density at radius 1 is 1.07 bits per heavy atom. The van der Waals surface area contributed by atoms with Crippen LogP contribution in [-0.2, 0) is 21.0 Å². The van der Waals surface area contributed by atoms with E-state index in [0.29, 0.717) is 29.9 Å². The molecule has 162 valence electrons. The molecule has 1 aromatic carbocycles. The van der Waals surface area contributed by atoms with Crippen molar-refractivity contribution in [3.63, 3.8) is 0 Å². The van der Waals surface area contributed by atoms with Crippen molar-refractivity contribution in [2.75, 3.05) is 18.4 Å². The molecule has 2 heterocycles. The summed E-state index contributed by atoms with van der Waals surface area (Å²) in [5, 5.41) is 2.49. The van der Waals surface area contributed by atoms with Gasteiger partial charge < -0.3 is 9.88 Å². The number of anilines is 1. The third-order valence-corrected chi connectivity index (χ3v) is 6.80. The van der Waals surface area contributed by atoms with Gasteiger partial charge in [-0.05, 0) is 50.1 Å². The van der Waals surface area contributed by atoms with Crippen LogP contribution in [0.1, 0.15) is 31.4 Å². The van der Waals surface area contributed by atoms with Crippen LogP contribution in [0.2, 0.25) is 0 Å². The largest absolute Gasteiger partial charge is 0.417 e. The third-order valence-electron chi connectivity index (χ3n) is 4.89. The summed E-state index contributed by atoms with van der Waals surface area (Å²) in [7, 11) is -3.60. The van der Waals surface area contributed by atoms with Crippen LogP contribution in [0.5, 0.6) is 0 Å². The lowest BCUT2D eigenvalue weighted by Crippen LogP contribution is -2.32. The van der Waals surface area contributed by atoms with Gasteiger partial charge in [0.25, 0.3) is 5.56 Å². The number of hydrogen-bond acceptors (Lipinski definition) is 4. The van der Waals surface area contributed by atoms with Crippen LogP contribution in [0.25, 0.3) is 0 Å². The first-order chi connectivity index (χ1) is 14.0. The molecule has 1 unspecified atom stereocenters. The minimum Gasteiger partial charge on any atom is -0.324 e. The molecule has 1 amide bonds. The van der Waals surface area contributed by atoms with E-state index in [-0.39, 0.29) is 10.6 Å². The summed E-state index contributed by atoms with van der Waals surface area (Å²) in [4.78, 5) is 24.4.